The maximum atomic E-state index is 6.24. The minimum atomic E-state index is 0.0125. The third-order valence-electron chi connectivity index (χ3n) is 5.21. The summed E-state index contributed by atoms with van der Waals surface area (Å²) in [5.41, 5.74) is 3.10. The summed E-state index contributed by atoms with van der Waals surface area (Å²) in [4.78, 5) is 11.9. The van der Waals surface area contributed by atoms with Crippen LogP contribution in [0.3, 0.4) is 0 Å². The van der Waals surface area contributed by atoms with Gasteiger partial charge in [-0.3, -0.25) is 9.08 Å². The lowest BCUT2D eigenvalue weighted by Crippen LogP contribution is -2.43. The first-order valence-electron chi connectivity index (χ1n) is 9.46. The molecule has 2 aliphatic rings. The summed E-state index contributed by atoms with van der Waals surface area (Å²) in [5.74, 6) is 0.965. The van der Waals surface area contributed by atoms with Crippen LogP contribution in [-0.4, -0.2) is 49.6 Å². The number of aryl methyl sites for hydroxylation is 1. The molecule has 0 unspecified atom stereocenters. The van der Waals surface area contributed by atoms with Crippen molar-refractivity contribution >= 4 is 23.2 Å². The zero-order valence-electron chi connectivity index (χ0n) is 15.9. The highest BCUT2D eigenvalue weighted by Crippen LogP contribution is 2.36. The van der Waals surface area contributed by atoms with Crippen molar-refractivity contribution in [3.05, 3.63) is 35.9 Å². The first kappa shape index (κ1) is 17.1. The van der Waals surface area contributed by atoms with E-state index in [9.17, 15) is 0 Å². The molecule has 0 amide bonds. The van der Waals surface area contributed by atoms with Gasteiger partial charge in [-0.25, -0.2) is 9.97 Å². The Morgan fingerprint density at radius 1 is 1.19 bits per heavy atom. The lowest BCUT2D eigenvalue weighted by Gasteiger charge is -2.37. The Morgan fingerprint density at radius 2 is 2.04 bits per heavy atom. The summed E-state index contributed by atoms with van der Waals surface area (Å²) in [6.07, 6.45) is 10.8. The predicted molar refractivity (Wildman–Crippen MR) is 106 cm³/mol. The van der Waals surface area contributed by atoms with E-state index < -0.39 is 0 Å². The largest absolute Gasteiger partial charge is 0.367 e. The van der Waals surface area contributed by atoms with Gasteiger partial charge in [-0.2, -0.15) is 5.10 Å². The third-order valence-corrected chi connectivity index (χ3v) is 5.86. The molecule has 0 N–H and O–H groups in total. The fourth-order valence-corrected chi connectivity index (χ4v) is 4.29. The summed E-state index contributed by atoms with van der Waals surface area (Å²) in [5, 5.41) is 5.49. The molecule has 142 valence electrons. The fraction of sp³-hybridized carbons (Fsp3) is 0.526. The number of thioether (sulfide) groups is 1. The van der Waals surface area contributed by atoms with Crippen LogP contribution < -0.4 is 4.90 Å². The lowest BCUT2D eigenvalue weighted by atomic mass is 10.1. The summed E-state index contributed by atoms with van der Waals surface area (Å²) in [6.45, 7) is 5.74. The Kier molecular flexibility index (Phi) is 4.12. The standard InChI is InChI=1S/C19H24N6OS/c1-12-8-24-18(21-12)6-17(22-19(24)27-3)23-9-13(2)26-16(11-23)14-7-20-25(10-14)15-4-5-15/h6-8,10,13,15-16H,4-5,9,11H2,1-3H3/t13-,16-/m1/s1. The van der Waals surface area contributed by atoms with E-state index in [1.54, 1.807) is 11.8 Å². The van der Waals surface area contributed by atoms with E-state index >= 15 is 0 Å². The highest BCUT2D eigenvalue weighted by atomic mass is 32.2. The van der Waals surface area contributed by atoms with E-state index in [2.05, 4.69) is 49.5 Å². The van der Waals surface area contributed by atoms with Gasteiger partial charge < -0.3 is 9.64 Å². The predicted octanol–water partition coefficient (Wildman–Crippen LogP) is 3.26. The molecule has 1 saturated heterocycles. The second-order valence-corrected chi connectivity index (χ2v) is 8.31. The molecule has 0 spiro atoms. The Hall–Kier alpha value is -2.06. The highest BCUT2D eigenvalue weighted by Gasteiger charge is 2.30. The smallest absolute Gasteiger partial charge is 0.175 e. The van der Waals surface area contributed by atoms with Crippen molar-refractivity contribution in [1.82, 2.24) is 24.1 Å². The zero-order valence-corrected chi connectivity index (χ0v) is 16.7. The van der Waals surface area contributed by atoms with Crippen LogP contribution >= 0.6 is 11.8 Å². The van der Waals surface area contributed by atoms with Gasteiger partial charge in [0.2, 0.25) is 0 Å². The quantitative estimate of drug-likeness (QED) is 0.508. The van der Waals surface area contributed by atoms with Gasteiger partial charge in [0.1, 0.15) is 17.6 Å². The molecule has 4 heterocycles. The molecular weight excluding hydrogens is 360 g/mol. The molecule has 2 fully saturated rings. The van der Waals surface area contributed by atoms with Crippen LogP contribution in [-0.2, 0) is 4.74 Å². The summed E-state index contributed by atoms with van der Waals surface area (Å²) in [7, 11) is 0. The van der Waals surface area contributed by atoms with E-state index in [-0.39, 0.29) is 12.2 Å². The number of rotatable bonds is 4. The van der Waals surface area contributed by atoms with Crippen molar-refractivity contribution in [3.8, 4) is 0 Å². The fourth-order valence-electron chi connectivity index (χ4n) is 3.76. The van der Waals surface area contributed by atoms with Gasteiger partial charge in [-0.05, 0) is 32.9 Å². The maximum absolute atomic E-state index is 6.24. The number of fused-ring (bicyclic) bond motifs is 1. The van der Waals surface area contributed by atoms with Crippen molar-refractivity contribution in [2.75, 3.05) is 24.2 Å². The number of morpholine rings is 1. The van der Waals surface area contributed by atoms with E-state index in [4.69, 9.17) is 9.72 Å². The molecule has 27 heavy (non-hydrogen) atoms. The number of hydrogen-bond donors (Lipinski definition) is 0. The number of nitrogens with zero attached hydrogens (tertiary/aromatic N) is 6. The van der Waals surface area contributed by atoms with Crippen molar-refractivity contribution < 1.29 is 4.74 Å². The molecule has 8 heteroatoms. The molecule has 3 aromatic heterocycles. The van der Waals surface area contributed by atoms with Crippen molar-refractivity contribution in [1.29, 1.82) is 0 Å². The first-order chi connectivity index (χ1) is 13.1. The van der Waals surface area contributed by atoms with Crippen LogP contribution in [0.15, 0.2) is 29.8 Å². The highest BCUT2D eigenvalue weighted by molar-refractivity contribution is 7.98. The number of imidazole rings is 1. The van der Waals surface area contributed by atoms with Crippen LogP contribution in [0, 0.1) is 6.92 Å². The van der Waals surface area contributed by atoms with Gasteiger partial charge >= 0.3 is 0 Å². The van der Waals surface area contributed by atoms with Crippen LogP contribution in [0.25, 0.3) is 5.65 Å². The number of aromatic nitrogens is 5. The lowest BCUT2D eigenvalue weighted by molar-refractivity contribution is -0.0176. The molecule has 2 atom stereocenters. The van der Waals surface area contributed by atoms with Crippen LogP contribution in [0.1, 0.15) is 43.2 Å². The van der Waals surface area contributed by atoms with E-state index in [1.165, 1.54) is 12.8 Å². The first-order valence-corrected chi connectivity index (χ1v) is 10.7. The molecule has 7 nitrogen and oxygen atoms in total. The molecule has 0 aromatic carbocycles. The number of hydrogen-bond acceptors (Lipinski definition) is 6. The molecule has 1 aliphatic heterocycles. The monoisotopic (exact) mass is 384 g/mol. The average molecular weight is 385 g/mol. The molecule has 1 saturated carbocycles. The van der Waals surface area contributed by atoms with Crippen molar-refractivity contribution in [3.63, 3.8) is 0 Å². The summed E-state index contributed by atoms with van der Waals surface area (Å²) in [6, 6.07) is 2.67. The second-order valence-electron chi connectivity index (χ2n) is 7.54. The molecule has 0 radical (unpaired) electrons. The van der Waals surface area contributed by atoms with Crippen LogP contribution in [0.2, 0.25) is 0 Å². The molecule has 5 rings (SSSR count). The van der Waals surface area contributed by atoms with Crippen LogP contribution in [0.5, 0.6) is 0 Å². The summed E-state index contributed by atoms with van der Waals surface area (Å²) >= 11 is 1.64. The molecule has 1 aliphatic carbocycles. The Bertz CT molecular complexity index is 978. The molecule has 0 bridgehead atoms. The average Bonchev–Trinajstić information content (AvgIpc) is 3.25. The van der Waals surface area contributed by atoms with E-state index in [0.29, 0.717) is 6.04 Å². The van der Waals surface area contributed by atoms with Crippen molar-refractivity contribution in [2.24, 2.45) is 0 Å². The third kappa shape index (κ3) is 3.21. The molecular formula is C19H24N6OS. The number of ether oxygens (including phenoxy) is 1. The van der Waals surface area contributed by atoms with Crippen molar-refractivity contribution in [2.45, 2.75) is 50.1 Å². The van der Waals surface area contributed by atoms with E-state index in [0.717, 1.165) is 41.0 Å². The van der Waals surface area contributed by atoms with Gasteiger partial charge in [0.15, 0.2) is 5.16 Å². The maximum Gasteiger partial charge on any atom is 0.175 e. The van der Waals surface area contributed by atoms with Gasteiger partial charge in [-0.15, -0.1) is 0 Å². The van der Waals surface area contributed by atoms with Crippen LogP contribution in [0.4, 0.5) is 5.82 Å². The molecule has 3 aromatic rings. The normalized spacial score (nSPS) is 23.3. The SMILES string of the molecule is CSc1nc(N2C[C@@H](C)O[C@@H](c3cnn(C4CC4)c3)C2)cc2nc(C)cn12. The minimum Gasteiger partial charge on any atom is -0.367 e. The number of anilines is 1. The van der Waals surface area contributed by atoms with Gasteiger partial charge in [0.05, 0.1) is 30.6 Å². The minimum absolute atomic E-state index is 0.0125. The second kappa shape index (κ2) is 6.53. The van der Waals surface area contributed by atoms with Gasteiger partial charge in [0, 0.05) is 30.6 Å². The van der Waals surface area contributed by atoms with Gasteiger partial charge in [0.25, 0.3) is 0 Å². The summed E-state index contributed by atoms with van der Waals surface area (Å²) < 4.78 is 10.4. The van der Waals surface area contributed by atoms with E-state index in [1.807, 2.05) is 19.3 Å². The Balaban J connectivity index is 1.45. The Morgan fingerprint density at radius 3 is 2.81 bits per heavy atom. The van der Waals surface area contributed by atoms with Gasteiger partial charge in [-0.1, -0.05) is 11.8 Å². The topological polar surface area (TPSA) is 60.5 Å². The Labute approximate surface area is 162 Å². The zero-order chi connectivity index (χ0) is 18.5.